The number of hydrogen-bond donors (Lipinski definition) is 0. The van der Waals surface area contributed by atoms with Crippen molar-refractivity contribution in [1.29, 1.82) is 0 Å². The lowest BCUT2D eigenvalue weighted by Gasteiger charge is -2.02. The number of hydrogen-bond acceptors (Lipinski definition) is 2. The summed E-state index contributed by atoms with van der Waals surface area (Å²) in [6.45, 7) is 2.06. The van der Waals surface area contributed by atoms with Gasteiger partial charge in [0.1, 0.15) is 6.33 Å². The molecule has 0 N–H and O–H groups in total. The molecule has 2 nitrogen and oxygen atoms in total. The summed E-state index contributed by atoms with van der Waals surface area (Å²) in [5.41, 5.74) is 3.28. The molecule has 0 fully saturated rings. The van der Waals surface area contributed by atoms with Crippen molar-refractivity contribution in [3.63, 3.8) is 0 Å². The van der Waals surface area contributed by atoms with Crippen LogP contribution < -0.4 is 0 Å². The van der Waals surface area contributed by atoms with E-state index in [1.807, 2.05) is 18.2 Å². The van der Waals surface area contributed by atoms with Gasteiger partial charge in [-0.15, -0.1) is 0 Å². The summed E-state index contributed by atoms with van der Waals surface area (Å²) in [5, 5.41) is 0. The fraction of sp³-hybridized carbons (Fsp3) is 0.0909. The highest BCUT2D eigenvalue weighted by Crippen LogP contribution is 2.22. The third kappa shape index (κ3) is 1.82. The Bertz CT molecular complexity index is 440. The summed E-state index contributed by atoms with van der Waals surface area (Å²) in [6, 6.07) is 8.08. The van der Waals surface area contributed by atoms with Crippen LogP contribution in [0.2, 0.25) is 0 Å². The number of aryl methyl sites for hydroxylation is 1. The van der Waals surface area contributed by atoms with Gasteiger partial charge in [-0.3, -0.25) is 0 Å². The topological polar surface area (TPSA) is 25.8 Å². The maximum atomic E-state index is 4.19. The van der Waals surface area contributed by atoms with Crippen LogP contribution in [-0.2, 0) is 0 Å². The summed E-state index contributed by atoms with van der Waals surface area (Å²) >= 11 is 3.47. The highest BCUT2D eigenvalue weighted by Gasteiger charge is 2.00. The first-order valence-corrected chi connectivity index (χ1v) is 5.09. The minimum absolute atomic E-state index is 0.954. The van der Waals surface area contributed by atoms with Crippen molar-refractivity contribution in [2.75, 3.05) is 0 Å². The van der Waals surface area contributed by atoms with Crippen molar-refractivity contribution in [3.8, 4) is 11.3 Å². The molecule has 2 aromatic rings. The molecule has 0 aliphatic carbocycles. The lowest BCUT2D eigenvalue weighted by molar-refractivity contribution is 1.17. The number of benzene rings is 1. The smallest absolute Gasteiger partial charge is 0.116 e. The quantitative estimate of drug-likeness (QED) is 0.775. The standard InChI is InChI=1S/C11H9BrN2/c1-8-6-9(2-3-10(8)12)11-4-5-13-7-14-11/h2-7H,1H3. The molecular weight excluding hydrogens is 240 g/mol. The van der Waals surface area contributed by atoms with Gasteiger partial charge in [0.15, 0.2) is 0 Å². The second kappa shape index (κ2) is 3.88. The normalized spacial score (nSPS) is 10.1. The van der Waals surface area contributed by atoms with Gasteiger partial charge in [0.25, 0.3) is 0 Å². The molecule has 0 unspecified atom stereocenters. The molecule has 70 valence electrons. The van der Waals surface area contributed by atoms with Crippen LogP contribution in [0.25, 0.3) is 11.3 Å². The van der Waals surface area contributed by atoms with E-state index in [0.29, 0.717) is 0 Å². The average Bonchev–Trinajstić information content (AvgIpc) is 2.23. The molecule has 0 spiro atoms. The Hall–Kier alpha value is -1.22. The molecule has 3 heteroatoms. The Kier molecular flexibility index (Phi) is 2.59. The SMILES string of the molecule is Cc1cc(-c2ccncn2)ccc1Br. The second-order valence-electron chi connectivity index (χ2n) is 3.06. The Balaban J connectivity index is 2.48. The zero-order valence-electron chi connectivity index (χ0n) is 7.74. The van der Waals surface area contributed by atoms with Crippen molar-refractivity contribution in [2.45, 2.75) is 6.92 Å². The molecule has 0 atom stereocenters. The maximum Gasteiger partial charge on any atom is 0.116 e. The Labute approximate surface area is 91.2 Å². The maximum absolute atomic E-state index is 4.19. The first-order valence-electron chi connectivity index (χ1n) is 4.30. The molecule has 14 heavy (non-hydrogen) atoms. The van der Waals surface area contributed by atoms with E-state index < -0.39 is 0 Å². The van der Waals surface area contributed by atoms with E-state index in [9.17, 15) is 0 Å². The van der Waals surface area contributed by atoms with Crippen molar-refractivity contribution in [3.05, 3.63) is 46.8 Å². The summed E-state index contributed by atoms with van der Waals surface area (Å²) in [4.78, 5) is 8.08. The number of aromatic nitrogens is 2. The zero-order valence-corrected chi connectivity index (χ0v) is 9.32. The molecule has 0 radical (unpaired) electrons. The Morgan fingerprint density at radius 2 is 2.07 bits per heavy atom. The van der Waals surface area contributed by atoms with E-state index in [1.54, 1.807) is 12.5 Å². The van der Waals surface area contributed by atoms with Crippen molar-refractivity contribution < 1.29 is 0 Å². The lowest BCUT2D eigenvalue weighted by Crippen LogP contribution is -1.85. The van der Waals surface area contributed by atoms with Crippen molar-refractivity contribution in [2.24, 2.45) is 0 Å². The van der Waals surface area contributed by atoms with E-state index in [0.717, 1.165) is 15.7 Å². The molecule has 0 aliphatic heterocycles. The van der Waals surface area contributed by atoms with Crippen LogP contribution in [0.5, 0.6) is 0 Å². The summed E-state index contributed by atoms with van der Waals surface area (Å²) in [6.07, 6.45) is 3.31. The highest BCUT2D eigenvalue weighted by atomic mass is 79.9. The van der Waals surface area contributed by atoms with Crippen LogP contribution in [-0.4, -0.2) is 9.97 Å². The Morgan fingerprint density at radius 3 is 2.71 bits per heavy atom. The molecule has 1 heterocycles. The van der Waals surface area contributed by atoms with Crippen LogP contribution >= 0.6 is 15.9 Å². The summed E-state index contributed by atoms with van der Waals surface area (Å²) < 4.78 is 1.12. The van der Waals surface area contributed by atoms with Crippen LogP contribution in [0, 0.1) is 6.92 Å². The van der Waals surface area contributed by atoms with E-state index in [4.69, 9.17) is 0 Å². The van der Waals surface area contributed by atoms with Gasteiger partial charge in [-0.1, -0.05) is 22.0 Å². The molecule has 0 amide bonds. The van der Waals surface area contributed by atoms with Gasteiger partial charge in [-0.05, 0) is 30.7 Å². The third-order valence-electron chi connectivity index (χ3n) is 2.04. The number of nitrogens with zero attached hydrogens (tertiary/aromatic N) is 2. The molecule has 0 saturated carbocycles. The molecule has 0 bridgehead atoms. The van der Waals surface area contributed by atoms with Crippen LogP contribution in [0.3, 0.4) is 0 Å². The first kappa shape index (κ1) is 9.34. The highest BCUT2D eigenvalue weighted by molar-refractivity contribution is 9.10. The predicted octanol–water partition coefficient (Wildman–Crippen LogP) is 3.21. The summed E-state index contributed by atoms with van der Waals surface area (Å²) in [7, 11) is 0. The van der Waals surface area contributed by atoms with E-state index in [1.165, 1.54) is 5.56 Å². The Morgan fingerprint density at radius 1 is 1.21 bits per heavy atom. The third-order valence-corrected chi connectivity index (χ3v) is 2.93. The van der Waals surface area contributed by atoms with E-state index in [2.05, 4.69) is 38.9 Å². The van der Waals surface area contributed by atoms with Crippen LogP contribution in [0.1, 0.15) is 5.56 Å². The van der Waals surface area contributed by atoms with E-state index in [-0.39, 0.29) is 0 Å². The average molecular weight is 249 g/mol. The largest absolute Gasteiger partial charge is 0.245 e. The molecular formula is C11H9BrN2. The van der Waals surface area contributed by atoms with Gasteiger partial charge >= 0.3 is 0 Å². The molecule has 0 aliphatic rings. The lowest BCUT2D eigenvalue weighted by atomic mass is 10.1. The van der Waals surface area contributed by atoms with Crippen LogP contribution in [0.4, 0.5) is 0 Å². The fourth-order valence-corrected chi connectivity index (χ4v) is 1.51. The van der Waals surface area contributed by atoms with Crippen molar-refractivity contribution in [1.82, 2.24) is 9.97 Å². The van der Waals surface area contributed by atoms with Gasteiger partial charge in [0.2, 0.25) is 0 Å². The van der Waals surface area contributed by atoms with Gasteiger partial charge in [0.05, 0.1) is 5.69 Å². The molecule has 0 saturated heterocycles. The number of rotatable bonds is 1. The first-order chi connectivity index (χ1) is 6.77. The van der Waals surface area contributed by atoms with Gasteiger partial charge < -0.3 is 0 Å². The molecule has 2 rings (SSSR count). The second-order valence-corrected chi connectivity index (χ2v) is 3.91. The summed E-state index contributed by atoms with van der Waals surface area (Å²) in [5.74, 6) is 0. The van der Waals surface area contributed by atoms with E-state index >= 15 is 0 Å². The predicted molar refractivity (Wildman–Crippen MR) is 59.9 cm³/mol. The molecule has 1 aromatic carbocycles. The van der Waals surface area contributed by atoms with Gasteiger partial charge in [-0.25, -0.2) is 9.97 Å². The monoisotopic (exact) mass is 248 g/mol. The van der Waals surface area contributed by atoms with Crippen molar-refractivity contribution >= 4 is 15.9 Å². The zero-order chi connectivity index (χ0) is 9.97. The van der Waals surface area contributed by atoms with Gasteiger partial charge in [-0.2, -0.15) is 0 Å². The molecule has 1 aromatic heterocycles. The minimum Gasteiger partial charge on any atom is -0.245 e. The minimum atomic E-state index is 0.954. The number of halogens is 1. The fourth-order valence-electron chi connectivity index (χ4n) is 1.27. The van der Waals surface area contributed by atoms with Crippen LogP contribution in [0.15, 0.2) is 41.3 Å². The van der Waals surface area contributed by atoms with Gasteiger partial charge in [0, 0.05) is 16.2 Å².